The standard InChI is InChI=1S/C18H17NO4/c20-17(21)14-6-8-15-13(10-14)7-9-16(15)19-18(22)23-11-12-4-2-1-3-5-12/h1-6,8,10,16H,7,9,11H2,(H,19,22)(H,20,21). The maximum absolute atomic E-state index is 11.9. The van der Waals surface area contributed by atoms with E-state index in [1.54, 1.807) is 18.2 Å². The second kappa shape index (κ2) is 6.52. The van der Waals surface area contributed by atoms with Crippen molar-refractivity contribution in [3.05, 3.63) is 70.8 Å². The van der Waals surface area contributed by atoms with Gasteiger partial charge in [-0.2, -0.15) is 0 Å². The van der Waals surface area contributed by atoms with Crippen molar-refractivity contribution in [3.8, 4) is 0 Å². The van der Waals surface area contributed by atoms with Gasteiger partial charge in [0, 0.05) is 0 Å². The SMILES string of the molecule is O=C(NC1CCc2cc(C(=O)O)ccc21)OCc1ccccc1. The number of aromatic carboxylic acids is 1. The topological polar surface area (TPSA) is 75.6 Å². The minimum Gasteiger partial charge on any atom is -0.478 e. The predicted octanol–water partition coefficient (Wildman–Crippen LogP) is 3.30. The summed E-state index contributed by atoms with van der Waals surface area (Å²) in [6.45, 7) is 0.226. The Morgan fingerprint density at radius 2 is 1.96 bits per heavy atom. The van der Waals surface area contributed by atoms with Crippen LogP contribution in [0.3, 0.4) is 0 Å². The lowest BCUT2D eigenvalue weighted by Gasteiger charge is -2.14. The minimum atomic E-state index is -0.938. The van der Waals surface area contributed by atoms with E-state index in [4.69, 9.17) is 9.84 Å². The molecule has 2 aromatic rings. The average Bonchev–Trinajstić information content (AvgIpc) is 2.96. The summed E-state index contributed by atoms with van der Waals surface area (Å²) in [4.78, 5) is 22.9. The molecule has 0 saturated carbocycles. The Hall–Kier alpha value is -2.82. The van der Waals surface area contributed by atoms with Crippen LogP contribution in [-0.4, -0.2) is 17.2 Å². The fourth-order valence-electron chi connectivity index (χ4n) is 2.81. The van der Waals surface area contributed by atoms with Gasteiger partial charge in [-0.15, -0.1) is 0 Å². The molecule has 0 spiro atoms. The number of hydrogen-bond acceptors (Lipinski definition) is 3. The summed E-state index contributed by atoms with van der Waals surface area (Å²) >= 11 is 0. The molecule has 1 aliphatic rings. The molecule has 0 heterocycles. The summed E-state index contributed by atoms with van der Waals surface area (Å²) in [5, 5.41) is 11.9. The summed E-state index contributed by atoms with van der Waals surface area (Å²) in [6.07, 6.45) is 1.04. The van der Waals surface area contributed by atoms with Crippen molar-refractivity contribution in [1.82, 2.24) is 5.32 Å². The van der Waals surface area contributed by atoms with E-state index >= 15 is 0 Å². The molecule has 0 saturated heterocycles. The largest absolute Gasteiger partial charge is 0.478 e. The number of nitrogens with one attached hydrogen (secondary N) is 1. The first-order valence-electron chi connectivity index (χ1n) is 7.47. The van der Waals surface area contributed by atoms with Crippen molar-refractivity contribution >= 4 is 12.1 Å². The van der Waals surface area contributed by atoms with E-state index in [0.29, 0.717) is 0 Å². The van der Waals surface area contributed by atoms with E-state index in [0.717, 1.165) is 29.5 Å². The Morgan fingerprint density at radius 1 is 1.17 bits per heavy atom. The van der Waals surface area contributed by atoms with Gasteiger partial charge < -0.3 is 15.2 Å². The average molecular weight is 311 g/mol. The number of benzene rings is 2. The van der Waals surface area contributed by atoms with Gasteiger partial charge in [-0.3, -0.25) is 0 Å². The van der Waals surface area contributed by atoms with Gasteiger partial charge in [0.05, 0.1) is 11.6 Å². The normalized spacial score (nSPS) is 15.7. The summed E-state index contributed by atoms with van der Waals surface area (Å²) in [6, 6.07) is 14.4. The molecule has 3 rings (SSSR count). The summed E-state index contributed by atoms with van der Waals surface area (Å²) in [5.41, 5.74) is 3.14. The summed E-state index contributed by atoms with van der Waals surface area (Å²) in [5.74, 6) is -0.938. The molecule has 2 aromatic carbocycles. The molecule has 1 amide bonds. The zero-order valence-corrected chi connectivity index (χ0v) is 12.5. The van der Waals surface area contributed by atoms with E-state index < -0.39 is 12.1 Å². The Bertz CT molecular complexity index is 727. The van der Waals surface area contributed by atoms with Gasteiger partial charge in [0.1, 0.15) is 6.61 Å². The van der Waals surface area contributed by atoms with E-state index in [1.165, 1.54) is 0 Å². The number of carboxylic acids is 1. The zero-order valence-electron chi connectivity index (χ0n) is 12.5. The maximum Gasteiger partial charge on any atom is 0.407 e. The third-order valence-electron chi connectivity index (χ3n) is 3.97. The monoisotopic (exact) mass is 311 g/mol. The van der Waals surface area contributed by atoms with Gasteiger partial charge >= 0.3 is 12.1 Å². The van der Waals surface area contributed by atoms with Gasteiger partial charge in [0.2, 0.25) is 0 Å². The van der Waals surface area contributed by atoms with Crippen molar-refractivity contribution in [2.24, 2.45) is 0 Å². The smallest absolute Gasteiger partial charge is 0.407 e. The Morgan fingerprint density at radius 3 is 2.70 bits per heavy atom. The van der Waals surface area contributed by atoms with Crippen molar-refractivity contribution in [2.75, 3.05) is 0 Å². The fraction of sp³-hybridized carbons (Fsp3) is 0.222. The second-order valence-electron chi connectivity index (χ2n) is 5.52. The van der Waals surface area contributed by atoms with Gasteiger partial charge in [-0.25, -0.2) is 9.59 Å². The molecular formula is C18H17NO4. The number of carboxylic acid groups (broad SMARTS) is 1. The number of hydrogen-bond donors (Lipinski definition) is 2. The number of alkyl carbamates (subject to hydrolysis) is 1. The number of fused-ring (bicyclic) bond motifs is 1. The highest BCUT2D eigenvalue weighted by molar-refractivity contribution is 5.88. The first kappa shape index (κ1) is 15.1. The molecule has 0 aliphatic heterocycles. The quantitative estimate of drug-likeness (QED) is 0.908. The highest BCUT2D eigenvalue weighted by atomic mass is 16.5. The van der Waals surface area contributed by atoms with Crippen LogP contribution < -0.4 is 5.32 Å². The molecule has 0 aromatic heterocycles. The van der Waals surface area contributed by atoms with E-state index in [-0.39, 0.29) is 18.2 Å². The van der Waals surface area contributed by atoms with Gasteiger partial charge in [0.25, 0.3) is 0 Å². The predicted molar refractivity (Wildman–Crippen MR) is 84.2 cm³/mol. The molecule has 1 aliphatic carbocycles. The lowest BCUT2D eigenvalue weighted by Crippen LogP contribution is -2.27. The fourth-order valence-corrected chi connectivity index (χ4v) is 2.81. The summed E-state index contributed by atoms with van der Waals surface area (Å²) < 4.78 is 5.22. The molecule has 118 valence electrons. The molecule has 2 N–H and O–H groups in total. The van der Waals surface area contributed by atoms with Crippen molar-refractivity contribution in [1.29, 1.82) is 0 Å². The molecule has 5 nitrogen and oxygen atoms in total. The number of carbonyl (C=O) groups excluding carboxylic acids is 1. The van der Waals surface area contributed by atoms with Crippen LogP contribution in [0.1, 0.15) is 39.5 Å². The summed E-state index contributed by atoms with van der Waals surface area (Å²) in [7, 11) is 0. The van der Waals surface area contributed by atoms with Crippen molar-refractivity contribution < 1.29 is 19.4 Å². The molecule has 0 bridgehead atoms. The maximum atomic E-state index is 11.9. The number of amides is 1. The minimum absolute atomic E-state index is 0.129. The van der Waals surface area contributed by atoms with E-state index in [2.05, 4.69) is 5.32 Å². The van der Waals surface area contributed by atoms with Crippen LogP contribution in [0, 0.1) is 0 Å². The first-order chi connectivity index (χ1) is 11.1. The van der Waals surface area contributed by atoms with Crippen LogP contribution in [0.25, 0.3) is 0 Å². The third kappa shape index (κ3) is 3.51. The molecular weight excluding hydrogens is 294 g/mol. The third-order valence-corrected chi connectivity index (χ3v) is 3.97. The highest BCUT2D eigenvalue weighted by Gasteiger charge is 2.25. The lowest BCUT2D eigenvalue weighted by molar-refractivity contribution is 0.0696. The molecule has 23 heavy (non-hydrogen) atoms. The molecule has 1 atom stereocenters. The number of rotatable bonds is 4. The van der Waals surface area contributed by atoms with Crippen LogP contribution >= 0.6 is 0 Å². The van der Waals surface area contributed by atoms with E-state index in [9.17, 15) is 9.59 Å². The molecule has 0 radical (unpaired) electrons. The highest BCUT2D eigenvalue weighted by Crippen LogP contribution is 2.31. The Labute approximate surface area is 133 Å². The van der Waals surface area contributed by atoms with Gasteiger partial charge in [0.15, 0.2) is 0 Å². The molecule has 0 fully saturated rings. The van der Waals surface area contributed by atoms with Crippen LogP contribution in [0.5, 0.6) is 0 Å². The van der Waals surface area contributed by atoms with Gasteiger partial charge in [-0.05, 0) is 41.7 Å². The second-order valence-corrected chi connectivity index (χ2v) is 5.52. The number of carbonyl (C=O) groups is 2. The van der Waals surface area contributed by atoms with Crippen molar-refractivity contribution in [3.63, 3.8) is 0 Å². The lowest BCUT2D eigenvalue weighted by atomic mass is 10.0. The molecule has 5 heteroatoms. The number of ether oxygens (including phenoxy) is 1. The van der Waals surface area contributed by atoms with Crippen molar-refractivity contribution in [2.45, 2.75) is 25.5 Å². The first-order valence-corrected chi connectivity index (χ1v) is 7.47. The van der Waals surface area contributed by atoms with Gasteiger partial charge in [-0.1, -0.05) is 36.4 Å². The van der Waals surface area contributed by atoms with Crippen LogP contribution in [-0.2, 0) is 17.8 Å². The van der Waals surface area contributed by atoms with Crippen LogP contribution in [0.2, 0.25) is 0 Å². The number of aryl methyl sites for hydroxylation is 1. The van der Waals surface area contributed by atoms with Crippen LogP contribution in [0.15, 0.2) is 48.5 Å². The zero-order chi connectivity index (χ0) is 16.2. The molecule has 1 unspecified atom stereocenters. The van der Waals surface area contributed by atoms with Crippen LogP contribution in [0.4, 0.5) is 4.79 Å². The Kier molecular flexibility index (Phi) is 4.28. The Balaban J connectivity index is 1.60. The van der Waals surface area contributed by atoms with E-state index in [1.807, 2.05) is 30.3 Å².